The van der Waals surface area contributed by atoms with Gasteiger partial charge in [0.2, 0.25) is 5.76 Å². The monoisotopic (exact) mass is 278 g/mol. The molecular weight excluding hydrogens is 264 g/mol. The van der Waals surface area contributed by atoms with Gasteiger partial charge >= 0.3 is 0 Å². The summed E-state index contributed by atoms with van der Waals surface area (Å²) < 4.78 is 5.27. The highest BCUT2D eigenvalue weighted by molar-refractivity contribution is 6.06. The molecule has 104 valence electrons. The minimum Gasteiger partial charge on any atom is -0.438 e. The average molecular weight is 278 g/mol. The summed E-state index contributed by atoms with van der Waals surface area (Å²) in [5.41, 5.74) is 3.15. The van der Waals surface area contributed by atoms with Crippen LogP contribution in [-0.4, -0.2) is 10.9 Å². The van der Waals surface area contributed by atoms with E-state index in [-0.39, 0.29) is 11.7 Å². The molecule has 0 fully saturated rings. The SMILES string of the molecule is Cc1ccccc1NC(=O)c1ocnc1-c1ccccc1. The highest BCUT2D eigenvalue weighted by atomic mass is 16.3. The van der Waals surface area contributed by atoms with Crippen molar-refractivity contribution < 1.29 is 9.21 Å². The Morgan fingerprint density at radius 2 is 1.76 bits per heavy atom. The van der Waals surface area contributed by atoms with Crippen LogP contribution in [0.1, 0.15) is 16.1 Å². The normalized spacial score (nSPS) is 10.3. The molecule has 2 aromatic carbocycles. The van der Waals surface area contributed by atoms with E-state index in [1.54, 1.807) is 0 Å². The third-order valence-corrected chi connectivity index (χ3v) is 3.21. The first-order chi connectivity index (χ1) is 10.3. The van der Waals surface area contributed by atoms with Crippen LogP contribution in [0, 0.1) is 6.92 Å². The molecule has 4 heteroatoms. The third kappa shape index (κ3) is 2.69. The lowest BCUT2D eigenvalue weighted by Crippen LogP contribution is -2.13. The van der Waals surface area contributed by atoms with Gasteiger partial charge in [-0.1, -0.05) is 48.5 Å². The van der Waals surface area contributed by atoms with Crippen molar-refractivity contribution in [3.63, 3.8) is 0 Å². The molecule has 3 aromatic rings. The van der Waals surface area contributed by atoms with Gasteiger partial charge in [-0.25, -0.2) is 4.98 Å². The second kappa shape index (κ2) is 5.63. The van der Waals surface area contributed by atoms with Crippen LogP contribution >= 0.6 is 0 Å². The quantitative estimate of drug-likeness (QED) is 0.790. The Balaban J connectivity index is 1.90. The van der Waals surface area contributed by atoms with Gasteiger partial charge in [-0.15, -0.1) is 0 Å². The lowest BCUT2D eigenvalue weighted by atomic mass is 10.1. The number of amides is 1. The topological polar surface area (TPSA) is 55.1 Å². The maximum Gasteiger partial charge on any atom is 0.293 e. The number of oxazole rings is 1. The highest BCUT2D eigenvalue weighted by Crippen LogP contribution is 2.23. The summed E-state index contributed by atoms with van der Waals surface area (Å²) in [6.45, 7) is 1.94. The van der Waals surface area contributed by atoms with Gasteiger partial charge < -0.3 is 9.73 Å². The zero-order chi connectivity index (χ0) is 14.7. The highest BCUT2D eigenvalue weighted by Gasteiger charge is 2.18. The number of hydrogen-bond donors (Lipinski definition) is 1. The van der Waals surface area contributed by atoms with Crippen molar-refractivity contribution in [1.82, 2.24) is 4.98 Å². The van der Waals surface area contributed by atoms with E-state index in [0.29, 0.717) is 5.69 Å². The molecule has 21 heavy (non-hydrogen) atoms. The lowest BCUT2D eigenvalue weighted by molar-refractivity contribution is 0.0997. The second-order valence-corrected chi connectivity index (χ2v) is 4.67. The van der Waals surface area contributed by atoms with Crippen LogP contribution in [0.4, 0.5) is 5.69 Å². The molecule has 1 heterocycles. The summed E-state index contributed by atoms with van der Waals surface area (Å²) in [5.74, 6) is -0.0925. The Morgan fingerprint density at radius 3 is 2.52 bits per heavy atom. The van der Waals surface area contributed by atoms with E-state index >= 15 is 0 Å². The molecule has 0 spiro atoms. The van der Waals surface area contributed by atoms with E-state index < -0.39 is 0 Å². The first kappa shape index (κ1) is 13.1. The van der Waals surface area contributed by atoms with Crippen LogP contribution in [0.25, 0.3) is 11.3 Å². The standard InChI is InChI=1S/C17H14N2O2/c1-12-7-5-6-10-14(12)19-17(20)16-15(18-11-21-16)13-8-3-2-4-9-13/h2-11H,1H3,(H,19,20). The van der Waals surface area contributed by atoms with E-state index in [1.807, 2.05) is 61.5 Å². The molecule has 0 atom stereocenters. The summed E-state index contributed by atoms with van der Waals surface area (Å²) in [6.07, 6.45) is 1.29. The third-order valence-electron chi connectivity index (χ3n) is 3.21. The molecule has 0 saturated carbocycles. The molecule has 0 saturated heterocycles. The first-order valence-electron chi connectivity index (χ1n) is 6.61. The number of aromatic nitrogens is 1. The summed E-state index contributed by atoms with van der Waals surface area (Å²) in [7, 11) is 0. The fourth-order valence-electron chi connectivity index (χ4n) is 2.10. The minimum absolute atomic E-state index is 0.212. The molecular formula is C17H14N2O2. The fraction of sp³-hybridized carbons (Fsp3) is 0.0588. The number of anilines is 1. The van der Waals surface area contributed by atoms with Crippen molar-refractivity contribution in [3.05, 3.63) is 72.3 Å². The molecule has 0 aliphatic rings. The van der Waals surface area contributed by atoms with E-state index in [1.165, 1.54) is 6.39 Å². The predicted octanol–water partition coefficient (Wildman–Crippen LogP) is 3.90. The molecule has 1 amide bonds. The van der Waals surface area contributed by atoms with Crippen molar-refractivity contribution in [2.75, 3.05) is 5.32 Å². The smallest absolute Gasteiger partial charge is 0.293 e. The van der Waals surface area contributed by atoms with Gasteiger partial charge in [0.15, 0.2) is 6.39 Å². The average Bonchev–Trinajstić information content (AvgIpc) is 3.00. The largest absolute Gasteiger partial charge is 0.438 e. The number of hydrogen-bond acceptors (Lipinski definition) is 3. The van der Waals surface area contributed by atoms with E-state index in [2.05, 4.69) is 10.3 Å². The van der Waals surface area contributed by atoms with Crippen LogP contribution in [0.2, 0.25) is 0 Å². The molecule has 0 aliphatic carbocycles. The zero-order valence-electron chi connectivity index (χ0n) is 11.5. The van der Waals surface area contributed by atoms with E-state index in [4.69, 9.17) is 4.42 Å². The fourth-order valence-corrected chi connectivity index (χ4v) is 2.10. The van der Waals surface area contributed by atoms with Crippen LogP contribution in [0.15, 0.2) is 65.4 Å². The Morgan fingerprint density at radius 1 is 1.05 bits per heavy atom. The van der Waals surface area contributed by atoms with Crippen molar-refractivity contribution in [2.24, 2.45) is 0 Å². The molecule has 1 aromatic heterocycles. The van der Waals surface area contributed by atoms with Gasteiger partial charge in [0.05, 0.1) is 0 Å². The molecule has 1 N–H and O–H groups in total. The summed E-state index contributed by atoms with van der Waals surface area (Å²) in [5, 5.41) is 2.85. The molecule has 0 radical (unpaired) electrons. The summed E-state index contributed by atoms with van der Waals surface area (Å²) in [6, 6.07) is 17.1. The van der Waals surface area contributed by atoms with Crippen LogP contribution in [-0.2, 0) is 0 Å². The van der Waals surface area contributed by atoms with Crippen LogP contribution in [0.5, 0.6) is 0 Å². The number of carbonyl (C=O) groups excluding carboxylic acids is 1. The molecule has 3 rings (SSSR count). The molecule has 4 nitrogen and oxygen atoms in total. The summed E-state index contributed by atoms with van der Waals surface area (Å²) in [4.78, 5) is 16.5. The number of carbonyl (C=O) groups is 1. The van der Waals surface area contributed by atoms with E-state index in [0.717, 1.165) is 16.8 Å². The number of benzene rings is 2. The number of nitrogens with one attached hydrogen (secondary N) is 1. The van der Waals surface area contributed by atoms with Crippen molar-refractivity contribution >= 4 is 11.6 Å². The van der Waals surface area contributed by atoms with Gasteiger partial charge in [-0.2, -0.15) is 0 Å². The lowest BCUT2D eigenvalue weighted by Gasteiger charge is -2.07. The van der Waals surface area contributed by atoms with Gasteiger partial charge in [0.25, 0.3) is 5.91 Å². The number of para-hydroxylation sites is 1. The number of nitrogens with zero attached hydrogens (tertiary/aromatic N) is 1. The van der Waals surface area contributed by atoms with Crippen molar-refractivity contribution in [1.29, 1.82) is 0 Å². The Labute approximate surface area is 122 Å². The summed E-state index contributed by atoms with van der Waals surface area (Å²) >= 11 is 0. The Hall–Kier alpha value is -2.88. The predicted molar refractivity (Wildman–Crippen MR) is 81.1 cm³/mol. The van der Waals surface area contributed by atoms with Crippen molar-refractivity contribution in [2.45, 2.75) is 6.92 Å². The molecule has 0 unspecified atom stereocenters. The van der Waals surface area contributed by atoms with Gasteiger partial charge in [0, 0.05) is 11.3 Å². The van der Waals surface area contributed by atoms with Crippen LogP contribution < -0.4 is 5.32 Å². The second-order valence-electron chi connectivity index (χ2n) is 4.67. The first-order valence-corrected chi connectivity index (χ1v) is 6.61. The zero-order valence-corrected chi connectivity index (χ0v) is 11.5. The number of rotatable bonds is 3. The van der Waals surface area contributed by atoms with Gasteiger partial charge in [-0.3, -0.25) is 4.79 Å². The van der Waals surface area contributed by atoms with Crippen LogP contribution in [0.3, 0.4) is 0 Å². The van der Waals surface area contributed by atoms with Gasteiger partial charge in [-0.05, 0) is 18.6 Å². The number of aryl methyl sites for hydroxylation is 1. The minimum atomic E-state index is -0.305. The van der Waals surface area contributed by atoms with Crippen molar-refractivity contribution in [3.8, 4) is 11.3 Å². The van der Waals surface area contributed by atoms with Gasteiger partial charge in [0.1, 0.15) is 5.69 Å². The Kier molecular flexibility index (Phi) is 3.51. The maximum absolute atomic E-state index is 12.4. The molecule has 0 bridgehead atoms. The molecule has 0 aliphatic heterocycles. The van der Waals surface area contributed by atoms with E-state index in [9.17, 15) is 4.79 Å². The Bertz CT molecular complexity index is 763. The maximum atomic E-state index is 12.4.